The maximum atomic E-state index is 12.3. The molecule has 1 aromatic carbocycles. The zero-order valence-electron chi connectivity index (χ0n) is 12.5. The molecule has 6 heteroatoms. The lowest BCUT2D eigenvalue weighted by Crippen LogP contribution is -2.15. The summed E-state index contributed by atoms with van der Waals surface area (Å²) in [6.07, 6.45) is 3.06. The lowest BCUT2D eigenvalue weighted by Gasteiger charge is -2.08. The van der Waals surface area contributed by atoms with E-state index in [1.54, 1.807) is 18.3 Å². The third kappa shape index (κ3) is 3.32. The Morgan fingerprint density at radius 1 is 1.09 bits per heavy atom. The van der Waals surface area contributed by atoms with E-state index in [1.807, 2.05) is 37.3 Å². The van der Waals surface area contributed by atoms with Crippen molar-refractivity contribution in [2.75, 3.05) is 11.1 Å². The van der Waals surface area contributed by atoms with Gasteiger partial charge < -0.3 is 11.1 Å². The summed E-state index contributed by atoms with van der Waals surface area (Å²) in [7, 11) is 0. The van der Waals surface area contributed by atoms with Crippen molar-refractivity contribution in [3.05, 3.63) is 66.0 Å². The van der Waals surface area contributed by atoms with Crippen LogP contribution in [0, 0.1) is 6.92 Å². The number of hydrogen-bond acceptors (Lipinski definition) is 5. The Morgan fingerprint density at radius 2 is 1.87 bits per heavy atom. The van der Waals surface area contributed by atoms with Gasteiger partial charge in [-0.3, -0.25) is 9.78 Å². The molecule has 3 N–H and O–H groups in total. The molecule has 0 radical (unpaired) electrons. The number of carbonyl (C=O) groups is 1. The Kier molecular flexibility index (Phi) is 3.97. The minimum absolute atomic E-state index is 0.116. The highest BCUT2D eigenvalue weighted by molar-refractivity contribution is 6.07. The lowest BCUT2D eigenvalue weighted by molar-refractivity contribution is 0.102. The van der Waals surface area contributed by atoms with Crippen molar-refractivity contribution in [1.82, 2.24) is 15.0 Å². The summed E-state index contributed by atoms with van der Waals surface area (Å²) in [6, 6.07) is 12.9. The van der Waals surface area contributed by atoms with Gasteiger partial charge in [-0.05, 0) is 31.2 Å². The van der Waals surface area contributed by atoms with Crippen molar-refractivity contribution in [3.63, 3.8) is 0 Å². The number of nitrogens with two attached hydrogens (primary N) is 1. The van der Waals surface area contributed by atoms with Crippen LogP contribution >= 0.6 is 0 Å². The van der Waals surface area contributed by atoms with Crippen molar-refractivity contribution in [2.45, 2.75) is 6.92 Å². The molecule has 2 heterocycles. The number of pyridine rings is 1. The van der Waals surface area contributed by atoms with E-state index in [0.717, 1.165) is 5.56 Å². The van der Waals surface area contributed by atoms with Crippen molar-refractivity contribution in [1.29, 1.82) is 0 Å². The van der Waals surface area contributed by atoms with E-state index in [1.165, 1.54) is 6.20 Å². The maximum absolute atomic E-state index is 12.3. The largest absolute Gasteiger partial charge is 0.383 e. The van der Waals surface area contributed by atoms with Gasteiger partial charge in [0, 0.05) is 18.1 Å². The monoisotopic (exact) mass is 305 g/mol. The van der Waals surface area contributed by atoms with Gasteiger partial charge in [0.2, 0.25) is 0 Å². The quantitative estimate of drug-likeness (QED) is 0.776. The third-order valence-electron chi connectivity index (χ3n) is 3.27. The van der Waals surface area contributed by atoms with Gasteiger partial charge >= 0.3 is 0 Å². The molecular weight excluding hydrogens is 290 g/mol. The number of nitrogen functional groups attached to an aromatic ring is 1. The normalized spacial score (nSPS) is 10.3. The van der Waals surface area contributed by atoms with Gasteiger partial charge in [0.25, 0.3) is 5.91 Å². The van der Waals surface area contributed by atoms with Gasteiger partial charge in [0.05, 0.1) is 0 Å². The number of aryl methyl sites for hydroxylation is 1. The molecule has 3 rings (SSSR count). The van der Waals surface area contributed by atoms with Crippen molar-refractivity contribution < 1.29 is 4.79 Å². The summed E-state index contributed by atoms with van der Waals surface area (Å²) in [6.45, 7) is 1.98. The second kappa shape index (κ2) is 6.23. The molecule has 1 amide bonds. The third-order valence-corrected chi connectivity index (χ3v) is 3.27. The van der Waals surface area contributed by atoms with E-state index >= 15 is 0 Å². The second-order valence-corrected chi connectivity index (χ2v) is 5.03. The molecule has 0 aliphatic rings. The van der Waals surface area contributed by atoms with Crippen LogP contribution in [0.1, 0.15) is 15.9 Å². The summed E-state index contributed by atoms with van der Waals surface area (Å²) in [5.41, 5.74) is 8.53. The molecule has 23 heavy (non-hydrogen) atoms. The number of hydrogen-bond donors (Lipinski definition) is 2. The Bertz CT molecular complexity index is 831. The molecule has 2 aromatic heterocycles. The number of carbonyl (C=O) groups excluding carboxylic acids is 1. The number of amides is 1. The van der Waals surface area contributed by atoms with Crippen LogP contribution in [0.5, 0.6) is 0 Å². The summed E-state index contributed by atoms with van der Waals surface area (Å²) >= 11 is 0. The number of anilines is 2. The topological polar surface area (TPSA) is 93.8 Å². The van der Waals surface area contributed by atoms with Crippen molar-refractivity contribution in [3.8, 4) is 11.5 Å². The standard InChI is InChI=1S/C17H15N5O/c1-11-5-7-12(8-6-11)21-17(23)13-10-20-16(22-15(13)18)14-4-2-3-9-19-14/h2-10H,1H3,(H,21,23)(H2,18,20,22). The molecule has 0 fully saturated rings. The van der Waals surface area contributed by atoms with Crippen LogP contribution in [-0.2, 0) is 0 Å². The van der Waals surface area contributed by atoms with Gasteiger partial charge in [-0.1, -0.05) is 23.8 Å². The molecule has 0 spiro atoms. The number of aromatic nitrogens is 3. The highest BCUT2D eigenvalue weighted by atomic mass is 16.1. The van der Waals surface area contributed by atoms with Crippen LogP contribution < -0.4 is 11.1 Å². The van der Waals surface area contributed by atoms with Crippen molar-refractivity contribution >= 4 is 17.4 Å². The van der Waals surface area contributed by atoms with E-state index in [-0.39, 0.29) is 17.3 Å². The molecule has 0 unspecified atom stereocenters. The van der Waals surface area contributed by atoms with Gasteiger partial charge in [-0.2, -0.15) is 0 Å². The summed E-state index contributed by atoms with van der Waals surface area (Å²) in [5, 5.41) is 2.77. The SMILES string of the molecule is Cc1ccc(NC(=O)c2cnc(-c3ccccn3)nc2N)cc1. The van der Waals surface area contributed by atoms with Crippen LogP contribution in [0.25, 0.3) is 11.5 Å². The van der Waals surface area contributed by atoms with Crippen LogP contribution in [0.2, 0.25) is 0 Å². The predicted octanol–water partition coefficient (Wildman–Crippen LogP) is 2.68. The number of nitrogens with zero attached hydrogens (tertiary/aromatic N) is 3. The highest BCUT2D eigenvalue weighted by Gasteiger charge is 2.14. The average Bonchev–Trinajstić information content (AvgIpc) is 2.57. The summed E-state index contributed by atoms with van der Waals surface area (Å²) < 4.78 is 0. The van der Waals surface area contributed by atoms with E-state index < -0.39 is 0 Å². The van der Waals surface area contributed by atoms with E-state index in [4.69, 9.17) is 5.73 Å². The van der Waals surface area contributed by atoms with Crippen molar-refractivity contribution in [2.24, 2.45) is 0 Å². The van der Waals surface area contributed by atoms with Gasteiger partial charge in [0.15, 0.2) is 5.82 Å². The fourth-order valence-corrected chi connectivity index (χ4v) is 2.02. The van der Waals surface area contributed by atoms with Gasteiger partial charge in [-0.25, -0.2) is 9.97 Å². The van der Waals surface area contributed by atoms with E-state index in [9.17, 15) is 4.79 Å². The Hall–Kier alpha value is -3.28. The van der Waals surface area contributed by atoms with E-state index in [0.29, 0.717) is 17.2 Å². The number of nitrogens with one attached hydrogen (secondary N) is 1. The lowest BCUT2D eigenvalue weighted by atomic mass is 10.2. The van der Waals surface area contributed by atoms with Crippen LogP contribution in [0.3, 0.4) is 0 Å². The second-order valence-electron chi connectivity index (χ2n) is 5.03. The Morgan fingerprint density at radius 3 is 2.52 bits per heavy atom. The maximum Gasteiger partial charge on any atom is 0.260 e. The minimum Gasteiger partial charge on any atom is -0.383 e. The molecule has 0 bridgehead atoms. The molecule has 114 valence electrons. The molecule has 0 aliphatic heterocycles. The Labute approximate surface area is 133 Å². The molecule has 0 saturated heterocycles. The van der Waals surface area contributed by atoms with E-state index in [2.05, 4.69) is 20.3 Å². The zero-order chi connectivity index (χ0) is 16.2. The first-order valence-electron chi connectivity index (χ1n) is 7.05. The Balaban J connectivity index is 1.83. The molecule has 0 saturated carbocycles. The molecule has 0 atom stereocenters. The minimum atomic E-state index is -0.348. The zero-order valence-corrected chi connectivity index (χ0v) is 12.5. The summed E-state index contributed by atoms with van der Waals surface area (Å²) in [5.74, 6) is 0.152. The summed E-state index contributed by atoms with van der Waals surface area (Å²) in [4.78, 5) is 24.8. The smallest absolute Gasteiger partial charge is 0.260 e. The van der Waals surface area contributed by atoms with Gasteiger partial charge in [-0.15, -0.1) is 0 Å². The molecule has 0 aliphatic carbocycles. The number of rotatable bonds is 3. The highest BCUT2D eigenvalue weighted by Crippen LogP contribution is 2.17. The fourth-order valence-electron chi connectivity index (χ4n) is 2.02. The number of benzene rings is 1. The van der Waals surface area contributed by atoms with Gasteiger partial charge in [0.1, 0.15) is 17.1 Å². The average molecular weight is 305 g/mol. The van der Waals surface area contributed by atoms with Crippen LogP contribution in [-0.4, -0.2) is 20.9 Å². The first-order valence-corrected chi connectivity index (χ1v) is 7.05. The first-order chi connectivity index (χ1) is 11.1. The van der Waals surface area contributed by atoms with Crippen LogP contribution in [0.4, 0.5) is 11.5 Å². The predicted molar refractivity (Wildman–Crippen MR) is 88.8 cm³/mol. The van der Waals surface area contributed by atoms with Crippen LogP contribution in [0.15, 0.2) is 54.9 Å². The molecular formula is C17H15N5O. The molecule has 6 nitrogen and oxygen atoms in total. The first kappa shape index (κ1) is 14.6. The molecule has 3 aromatic rings. The fraction of sp³-hybridized carbons (Fsp3) is 0.0588.